The number of imidazole rings is 1. The van der Waals surface area contributed by atoms with Crippen LogP contribution in [0.25, 0.3) is 23.0 Å². The highest BCUT2D eigenvalue weighted by Gasteiger charge is 2.30. The Labute approximate surface area is 256 Å². The summed E-state index contributed by atoms with van der Waals surface area (Å²) in [6.07, 6.45) is 6.40. The lowest BCUT2D eigenvalue weighted by Gasteiger charge is -2.21. The van der Waals surface area contributed by atoms with Gasteiger partial charge in [-0.25, -0.2) is 9.78 Å². The van der Waals surface area contributed by atoms with Crippen LogP contribution in [0.2, 0.25) is 5.02 Å². The van der Waals surface area contributed by atoms with Gasteiger partial charge in [-0.05, 0) is 65.2 Å². The van der Waals surface area contributed by atoms with Gasteiger partial charge in [0, 0.05) is 53.2 Å². The summed E-state index contributed by atoms with van der Waals surface area (Å²) < 4.78 is 6.20. The van der Waals surface area contributed by atoms with Crippen molar-refractivity contribution in [3.05, 3.63) is 71.4 Å². The molecule has 1 fully saturated rings. The van der Waals surface area contributed by atoms with E-state index in [0.29, 0.717) is 53.1 Å². The van der Waals surface area contributed by atoms with Crippen molar-refractivity contribution in [2.45, 2.75) is 18.9 Å². The summed E-state index contributed by atoms with van der Waals surface area (Å²) >= 11 is 6.22. The van der Waals surface area contributed by atoms with E-state index in [9.17, 15) is 14.4 Å². The Morgan fingerprint density at radius 3 is 2.91 bits per heavy atom. The van der Waals surface area contributed by atoms with Crippen LogP contribution in [0.4, 0.5) is 16.2 Å². The van der Waals surface area contributed by atoms with Crippen LogP contribution in [0.15, 0.2) is 55.0 Å². The Kier molecular flexibility index (Phi) is 8.23. The van der Waals surface area contributed by atoms with E-state index in [0.717, 1.165) is 17.7 Å². The number of nitrogens with zero attached hydrogens (tertiary/aromatic N) is 6. The number of rotatable bonds is 5. The van der Waals surface area contributed by atoms with Crippen LogP contribution < -0.4 is 16.0 Å². The van der Waals surface area contributed by atoms with Gasteiger partial charge in [-0.1, -0.05) is 11.6 Å². The first-order chi connectivity index (χ1) is 21.4. The molecule has 0 saturated carbocycles. The SMILES string of the molecule is COC(=O)Nc1ccc2c(c1)NC[C@@H]1CCN(C1)C(=O)C[C@H](NC(=O)/C=C/c1cc(Cl)ccc1-n1cnnn1)c1ncc-2[nH]1. The third-order valence-corrected chi connectivity index (χ3v) is 7.82. The lowest BCUT2D eigenvalue weighted by molar-refractivity contribution is -0.131. The Morgan fingerprint density at radius 2 is 2.09 bits per heavy atom. The largest absolute Gasteiger partial charge is 0.453 e. The Morgan fingerprint density at radius 1 is 1.20 bits per heavy atom. The maximum absolute atomic E-state index is 13.4. The highest BCUT2D eigenvalue weighted by Crippen LogP contribution is 2.32. The molecule has 14 nitrogen and oxygen atoms in total. The lowest BCUT2D eigenvalue weighted by Crippen LogP contribution is -2.35. The highest BCUT2D eigenvalue weighted by atomic mass is 35.5. The van der Waals surface area contributed by atoms with Crippen LogP contribution in [0, 0.1) is 5.92 Å². The second-order valence-electron chi connectivity index (χ2n) is 10.5. The average Bonchev–Trinajstić information content (AvgIpc) is 3.81. The second kappa shape index (κ2) is 12.6. The van der Waals surface area contributed by atoms with E-state index in [-0.39, 0.29) is 18.2 Å². The maximum atomic E-state index is 13.4. The Hall–Kier alpha value is -5.24. The van der Waals surface area contributed by atoms with Crippen LogP contribution in [-0.4, -0.2) is 79.7 Å². The zero-order chi connectivity index (χ0) is 30.6. The van der Waals surface area contributed by atoms with Crippen LogP contribution in [0.5, 0.6) is 0 Å². The molecule has 0 spiro atoms. The number of benzene rings is 2. The number of carbonyl (C=O) groups excluding carboxylic acids is 3. The molecule has 0 aliphatic carbocycles. The van der Waals surface area contributed by atoms with Crippen LogP contribution >= 0.6 is 11.6 Å². The summed E-state index contributed by atoms with van der Waals surface area (Å²) in [4.78, 5) is 48.1. The molecule has 2 aliphatic rings. The summed E-state index contributed by atoms with van der Waals surface area (Å²) in [5, 5.41) is 20.9. The third kappa shape index (κ3) is 6.39. The first-order valence-corrected chi connectivity index (χ1v) is 14.3. The first kappa shape index (κ1) is 28.9. The molecule has 4 bridgehead atoms. The predicted octanol–water partition coefficient (Wildman–Crippen LogP) is 3.42. The molecular weight excluding hydrogens is 588 g/mol. The minimum atomic E-state index is -0.719. The number of H-pyrrole nitrogens is 1. The number of hydrogen-bond donors (Lipinski definition) is 4. The molecule has 2 aliphatic heterocycles. The minimum absolute atomic E-state index is 0.0363. The monoisotopic (exact) mass is 616 g/mol. The van der Waals surface area contributed by atoms with E-state index in [1.54, 1.807) is 36.5 Å². The van der Waals surface area contributed by atoms with Crippen LogP contribution in [0.1, 0.15) is 30.3 Å². The molecule has 6 rings (SSSR count). The van der Waals surface area contributed by atoms with Crippen molar-refractivity contribution in [2.24, 2.45) is 5.92 Å². The summed E-state index contributed by atoms with van der Waals surface area (Å²) in [5.41, 5.74) is 4.11. The van der Waals surface area contributed by atoms with Gasteiger partial charge < -0.3 is 25.3 Å². The topological polar surface area (TPSA) is 172 Å². The summed E-state index contributed by atoms with van der Waals surface area (Å²) in [5.74, 6) is 0.179. The number of ether oxygens (including phenoxy) is 1. The zero-order valence-corrected chi connectivity index (χ0v) is 24.4. The molecule has 3 amide bonds. The van der Waals surface area contributed by atoms with E-state index in [1.807, 2.05) is 17.0 Å². The van der Waals surface area contributed by atoms with Crippen molar-refractivity contribution in [1.82, 2.24) is 40.4 Å². The number of methoxy groups -OCH3 is 1. The fourth-order valence-electron chi connectivity index (χ4n) is 5.35. The number of carbonyl (C=O) groups is 3. The van der Waals surface area contributed by atoms with Gasteiger partial charge in [-0.2, -0.15) is 4.68 Å². The molecule has 2 aromatic heterocycles. The number of nitrogens with one attached hydrogen (secondary N) is 4. The fourth-order valence-corrected chi connectivity index (χ4v) is 5.53. The van der Waals surface area contributed by atoms with E-state index >= 15 is 0 Å². The van der Waals surface area contributed by atoms with E-state index in [2.05, 4.69) is 41.4 Å². The number of hydrogen-bond acceptors (Lipinski definition) is 9. The van der Waals surface area contributed by atoms with Gasteiger partial charge >= 0.3 is 6.09 Å². The molecule has 4 heterocycles. The summed E-state index contributed by atoms with van der Waals surface area (Å²) in [6.45, 7) is 1.86. The molecule has 0 radical (unpaired) electrons. The molecule has 226 valence electrons. The fraction of sp³-hybridized carbons (Fsp3) is 0.276. The highest BCUT2D eigenvalue weighted by molar-refractivity contribution is 6.30. The van der Waals surface area contributed by atoms with Crippen molar-refractivity contribution >= 4 is 47.0 Å². The molecular formula is C29H29ClN10O4. The van der Waals surface area contributed by atoms with Gasteiger partial charge in [0.1, 0.15) is 12.2 Å². The van der Waals surface area contributed by atoms with Gasteiger partial charge in [-0.15, -0.1) is 5.10 Å². The molecule has 4 N–H and O–H groups in total. The van der Waals surface area contributed by atoms with Gasteiger partial charge in [0.2, 0.25) is 11.8 Å². The number of aromatic amines is 1. The van der Waals surface area contributed by atoms with Crippen molar-refractivity contribution < 1.29 is 19.1 Å². The summed E-state index contributed by atoms with van der Waals surface area (Å²) in [7, 11) is 1.31. The normalized spacial score (nSPS) is 18.0. The standard InChI is InChI=1S/C29H29ClN10O4/c1-44-29(43)34-20-4-5-21-22(11-20)31-13-17-8-9-39(15-17)27(42)12-23(28-32-14-24(21)36-28)35-26(41)7-2-18-10-19(30)3-6-25(18)40-16-33-37-38-40/h2-7,10-11,14,16-17,23,31H,8-9,12-13,15H2,1H3,(H,32,36)(H,34,43)(H,35,41)/b7-2+/t17-,23-/m0/s1. The van der Waals surface area contributed by atoms with Gasteiger partial charge in [0.05, 0.1) is 37.2 Å². The van der Waals surface area contributed by atoms with E-state index < -0.39 is 18.0 Å². The Balaban J connectivity index is 1.29. The van der Waals surface area contributed by atoms with Gasteiger partial charge in [0.25, 0.3) is 0 Å². The quantitative estimate of drug-likeness (QED) is 0.245. The van der Waals surface area contributed by atoms with Gasteiger partial charge in [0.15, 0.2) is 0 Å². The van der Waals surface area contributed by atoms with Crippen LogP contribution in [0.3, 0.4) is 0 Å². The third-order valence-electron chi connectivity index (χ3n) is 7.58. The Bertz CT molecular complexity index is 1720. The summed E-state index contributed by atoms with van der Waals surface area (Å²) in [6, 6.07) is 9.89. The number of aromatic nitrogens is 6. The molecule has 1 saturated heterocycles. The smallest absolute Gasteiger partial charge is 0.411 e. The second-order valence-corrected chi connectivity index (χ2v) is 10.9. The predicted molar refractivity (Wildman–Crippen MR) is 162 cm³/mol. The number of anilines is 2. The minimum Gasteiger partial charge on any atom is -0.453 e. The first-order valence-electron chi connectivity index (χ1n) is 13.9. The maximum Gasteiger partial charge on any atom is 0.411 e. The number of fused-ring (bicyclic) bond motifs is 6. The zero-order valence-electron chi connectivity index (χ0n) is 23.7. The van der Waals surface area contributed by atoms with Crippen molar-refractivity contribution in [3.63, 3.8) is 0 Å². The average molecular weight is 617 g/mol. The van der Waals surface area contributed by atoms with E-state index in [1.165, 1.54) is 24.2 Å². The number of tetrazole rings is 1. The molecule has 2 atom stereocenters. The van der Waals surface area contributed by atoms with Crippen molar-refractivity contribution in [2.75, 3.05) is 37.4 Å². The molecule has 15 heteroatoms. The number of halogens is 1. The van der Waals surface area contributed by atoms with E-state index in [4.69, 9.17) is 16.3 Å². The molecule has 4 aromatic rings. The van der Waals surface area contributed by atoms with Crippen molar-refractivity contribution in [1.29, 1.82) is 0 Å². The molecule has 44 heavy (non-hydrogen) atoms. The van der Waals surface area contributed by atoms with Crippen molar-refractivity contribution in [3.8, 4) is 16.9 Å². The lowest BCUT2D eigenvalue weighted by atomic mass is 10.1. The molecule has 2 aromatic carbocycles. The number of amides is 3. The van der Waals surface area contributed by atoms with Crippen LogP contribution in [-0.2, 0) is 14.3 Å². The van der Waals surface area contributed by atoms with Gasteiger partial charge in [-0.3, -0.25) is 14.9 Å². The molecule has 0 unspecified atom stereocenters.